The van der Waals surface area contributed by atoms with Gasteiger partial charge in [0.05, 0.1) is 0 Å². The van der Waals surface area contributed by atoms with Gasteiger partial charge < -0.3 is 10.2 Å². The van der Waals surface area contributed by atoms with Crippen LogP contribution in [0.5, 0.6) is 5.75 Å². The summed E-state index contributed by atoms with van der Waals surface area (Å²) in [6, 6.07) is 3.89. The molecule has 0 bridgehead atoms. The standard InChI is InChI=1S/C25H42O3S/c1-9-11-12-17(10-2)15-25(28,22(27)29)16-18-13-19(23(3,4)5)21(26)20(14-18)24(6,7)8/h13-14,17,26,28H,9-12,15-16H2,1-8H3,(H,27,29)/t17?,25-/m0/s1. The molecule has 2 atom stereocenters. The number of aromatic hydroxyl groups is 1. The van der Waals surface area contributed by atoms with E-state index in [0.29, 0.717) is 12.2 Å². The summed E-state index contributed by atoms with van der Waals surface area (Å²) in [5.41, 5.74) is 0.539. The number of carbonyl (C=O) groups is 1. The Balaban J connectivity index is 3.41. The molecular weight excluding hydrogens is 380 g/mol. The van der Waals surface area contributed by atoms with Gasteiger partial charge >= 0.3 is 0 Å². The lowest BCUT2D eigenvalue weighted by Gasteiger charge is -2.32. The van der Waals surface area contributed by atoms with Crippen LogP contribution >= 0.6 is 12.6 Å². The van der Waals surface area contributed by atoms with Gasteiger partial charge in [0, 0.05) is 6.42 Å². The van der Waals surface area contributed by atoms with Gasteiger partial charge in [0.2, 0.25) is 5.12 Å². The minimum Gasteiger partial charge on any atom is -0.507 e. The lowest BCUT2D eigenvalue weighted by Crippen LogP contribution is -2.40. The van der Waals surface area contributed by atoms with Crippen molar-refractivity contribution in [3.05, 3.63) is 28.8 Å². The fraction of sp³-hybridized carbons (Fsp3) is 0.720. The molecule has 0 amide bonds. The van der Waals surface area contributed by atoms with E-state index < -0.39 is 10.7 Å². The molecule has 1 unspecified atom stereocenters. The normalized spacial score (nSPS) is 15.8. The predicted molar refractivity (Wildman–Crippen MR) is 126 cm³/mol. The Labute approximate surface area is 183 Å². The van der Waals surface area contributed by atoms with Crippen molar-refractivity contribution in [3.8, 4) is 5.75 Å². The number of phenolic OH excluding ortho intramolecular Hbond substituents is 1. The van der Waals surface area contributed by atoms with Crippen LogP contribution in [0, 0.1) is 5.92 Å². The molecule has 0 aliphatic rings. The molecule has 29 heavy (non-hydrogen) atoms. The Bertz CT molecular complexity index is 662. The number of unbranched alkanes of at least 4 members (excludes halogenated alkanes) is 1. The number of phenols is 1. The highest BCUT2D eigenvalue weighted by molar-refractivity contribution is 7.96. The Kier molecular flexibility index (Phi) is 8.86. The minimum atomic E-state index is -1.50. The molecule has 4 heteroatoms. The molecular formula is C25H42O3S. The Morgan fingerprint density at radius 1 is 1.03 bits per heavy atom. The first kappa shape index (κ1) is 26.0. The number of thiol groups is 1. The maximum Gasteiger partial charge on any atom is 0.217 e. The molecule has 0 saturated heterocycles. The van der Waals surface area contributed by atoms with Crippen LogP contribution in [0.1, 0.15) is 104 Å². The van der Waals surface area contributed by atoms with Gasteiger partial charge in [-0.15, -0.1) is 12.6 Å². The molecule has 2 N–H and O–H groups in total. The van der Waals surface area contributed by atoms with Crippen LogP contribution < -0.4 is 0 Å². The van der Waals surface area contributed by atoms with Crippen molar-refractivity contribution in [2.24, 2.45) is 5.92 Å². The van der Waals surface area contributed by atoms with Crippen molar-refractivity contribution in [3.63, 3.8) is 0 Å². The van der Waals surface area contributed by atoms with Crippen molar-refractivity contribution >= 4 is 17.7 Å². The molecule has 166 valence electrons. The molecule has 1 aromatic carbocycles. The third-order valence-electron chi connectivity index (χ3n) is 5.85. The molecule has 3 nitrogen and oxygen atoms in total. The molecule has 0 radical (unpaired) electrons. The van der Waals surface area contributed by atoms with E-state index in [9.17, 15) is 15.0 Å². The van der Waals surface area contributed by atoms with Gasteiger partial charge in [0.1, 0.15) is 11.4 Å². The van der Waals surface area contributed by atoms with Gasteiger partial charge in [-0.2, -0.15) is 0 Å². The Hall–Kier alpha value is -1.000. The number of benzene rings is 1. The lowest BCUT2D eigenvalue weighted by atomic mass is 9.76. The highest BCUT2D eigenvalue weighted by atomic mass is 32.1. The van der Waals surface area contributed by atoms with E-state index in [4.69, 9.17) is 0 Å². The first-order chi connectivity index (χ1) is 13.2. The number of carbonyl (C=O) groups excluding carboxylic acids is 1. The molecule has 0 saturated carbocycles. The summed E-state index contributed by atoms with van der Waals surface area (Å²) in [6.45, 7) is 16.6. The van der Waals surface area contributed by atoms with E-state index in [1.807, 2.05) is 12.1 Å². The average Bonchev–Trinajstić information content (AvgIpc) is 2.57. The predicted octanol–water partition coefficient (Wildman–Crippen LogP) is 6.32. The minimum absolute atomic E-state index is 0.213. The summed E-state index contributed by atoms with van der Waals surface area (Å²) >= 11 is 4.06. The van der Waals surface area contributed by atoms with Gasteiger partial charge in [-0.05, 0) is 39.9 Å². The Morgan fingerprint density at radius 2 is 1.52 bits per heavy atom. The van der Waals surface area contributed by atoms with Crippen molar-refractivity contribution in [2.45, 2.75) is 110 Å². The van der Waals surface area contributed by atoms with Crippen LogP contribution in [0.4, 0.5) is 0 Å². The SMILES string of the molecule is CCCCC(CC)C[C@](O)(Cc1cc(C(C)(C)C)c(O)c(C(C)(C)C)c1)C(=O)S. The topological polar surface area (TPSA) is 57.5 Å². The smallest absolute Gasteiger partial charge is 0.217 e. The van der Waals surface area contributed by atoms with Crippen molar-refractivity contribution in [1.29, 1.82) is 0 Å². The highest BCUT2D eigenvalue weighted by Gasteiger charge is 2.37. The Morgan fingerprint density at radius 3 is 1.86 bits per heavy atom. The van der Waals surface area contributed by atoms with E-state index in [1.165, 1.54) is 0 Å². The molecule has 0 heterocycles. The summed E-state index contributed by atoms with van der Waals surface area (Å²) in [7, 11) is 0. The maximum absolute atomic E-state index is 12.4. The fourth-order valence-electron chi connectivity index (χ4n) is 3.93. The third kappa shape index (κ3) is 7.03. The van der Waals surface area contributed by atoms with E-state index in [0.717, 1.165) is 42.4 Å². The summed E-state index contributed by atoms with van der Waals surface area (Å²) in [5, 5.41) is 21.8. The van der Waals surface area contributed by atoms with Gasteiger partial charge in [-0.1, -0.05) is 93.2 Å². The van der Waals surface area contributed by atoms with Crippen LogP contribution in [-0.4, -0.2) is 20.9 Å². The zero-order valence-corrected chi connectivity index (χ0v) is 20.6. The van der Waals surface area contributed by atoms with E-state index >= 15 is 0 Å². The zero-order chi connectivity index (χ0) is 22.6. The van der Waals surface area contributed by atoms with E-state index in [2.05, 4.69) is 68.0 Å². The zero-order valence-electron chi connectivity index (χ0n) is 19.7. The van der Waals surface area contributed by atoms with Crippen LogP contribution in [0.3, 0.4) is 0 Å². The van der Waals surface area contributed by atoms with Gasteiger partial charge in [-0.3, -0.25) is 4.79 Å². The van der Waals surface area contributed by atoms with E-state index in [1.54, 1.807) is 0 Å². The quantitative estimate of drug-likeness (QED) is 0.408. The molecule has 0 fully saturated rings. The third-order valence-corrected chi connectivity index (χ3v) is 6.27. The fourth-order valence-corrected chi connectivity index (χ4v) is 4.10. The summed E-state index contributed by atoms with van der Waals surface area (Å²) < 4.78 is 0. The maximum atomic E-state index is 12.4. The summed E-state index contributed by atoms with van der Waals surface area (Å²) in [4.78, 5) is 12.4. The van der Waals surface area contributed by atoms with Crippen molar-refractivity contribution in [2.75, 3.05) is 0 Å². The van der Waals surface area contributed by atoms with Gasteiger partial charge in [-0.25, -0.2) is 0 Å². The van der Waals surface area contributed by atoms with Crippen molar-refractivity contribution < 1.29 is 15.0 Å². The number of hydrogen-bond donors (Lipinski definition) is 3. The number of hydrogen-bond acceptors (Lipinski definition) is 3. The monoisotopic (exact) mass is 422 g/mol. The first-order valence-electron chi connectivity index (χ1n) is 11.0. The molecule has 0 aromatic heterocycles. The highest BCUT2D eigenvalue weighted by Crippen LogP contribution is 2.41. The summed E-state index contributed by atoms with van der Waals surface area (Å²) in [5.74, 6) is 0.598. The molecule has 0 aliphatic carbocycles. The van der Waals surface area contributed by atoms with Gasteiger partial charge in [0.25, 0.3) is 0 Å². The number of aliphatic hydroxyl groups is 1. The second-order valence-corrected chi connectivity index (χ2v) is 11.1. The van der Waals surface area contributed by atoms with Crippen LogP contribution in [0.2, 0.25) is 0 Å². The van der Waals surface area contributed by atoms with Crippen LogP contribution in [0.25, 0.3) is 0 Å². The summed E-state index contributed by atoms with van der Waals surface area (Å²) in [6.07, 6.45) is 4.77. The second-order valence-electron chi connectivity index (χ2n) is 10.7. The molecule has 0 aliphatic heterocycles. The molecule has 1 rings (SSSR count). The van der Waals surface area contributed by atoms with Crippen LogP contribution in [0.15, 0.2) is 12.1 Å². The largest absolute Gasteiger partial charge is 0.507 e. The lowest BCUT2D eigenvalue weighted by molar-refractivity contribution is -0.129. The second kappa shape index (κ2) is 9.87. The molecule has 1 aromatic rings. The van der Waals surface area contributed by atoms with Crippen LogP contribution in [-0.2, 0) is 22.0 Å². The number of rotatable bonds is 9. The molecule has 0 spiro atoms. The average molecular weight is 423 g/mol. The first-order valence-corrected chi connectivity index (χ1v) is 11.4. The van der Waals surface area contributed by atoms with E-state index in [-0.39, 0.29) is 23.2 Å². The van der Waals surface area contributed by atoms with Gasteiger partial charge in [0.15, 0.2) is 0 Å². The van der Waals surface area contributed by atoms with Crippen molar-refractivity contribution in [1.82, 2.24) is 0 Å².